The predicted molar refractivity (Wildman–Crippen MR) is 96.2 cm³/mol. The molecule has 3 heterocycles. The minimum atomic E-state index is -0.227. The van der Waals surface area contributed by atoms with Crippen LogP contribution in [0.5, 0.6) is 0 Å². The third kappa shape index (κ3) is 2.89. The van der Waals surface area contributed by atoms with Gasteiger partial charge in [-0.2, -0.15) is 4.98 Å². The fraction of sp³-hybridized carbons (Fsp3) is 0.368. The molecule has 0 saturated carbocycles. The van der Waals surface area contributed by atoms with E-state index in [-0.39, 0.29) is 22.8 Å². The van der Waals surface area contributed by atoms with E-state index in [0.717, 1.165) is 23.9 Å². The molecule has 1 N–H and O–H groups in total. The average molecular weight is 352 g/mol. The van der Waals surface area contributed by atoms with Crippen molar-refractivity contribution in [2.75, 3.05) is 13.1 Å². The highest BCUT2D eigenvalue weighted by molar-refractivity contribution is 5.97. The number of nitrogens with zero attached hydrogens (tertiary/aromatic N) is 3. The second-order valence-corrected chi connectivity index (χ2v) is 6.83. The Bertz CT molecular complexity index is 1030. The summed E-state index contributed by atoms with van der Waals surface area (Å²) in [4.78, 5) is 34.7. The number of pyridine rings is 1. The first-order valence-electron chi connectivity index (χ1n) is 8.74. The van der Waals surface area contributed by atoms with Crippen LogP contribution in [0.4, 0.5) is 0 Å². The highest BCUT2D eigenvalue weighted by Crippen LogP contribution is 2.27. The van der Waals surface area contributed by atoms with Gasteiger partial charge in [-0.25, -0.2) is 0 Å². The summed E-state index contributed by atoms with van der Waals surface area (Å²) in [5.74, 6) is 1.19. The van der Waals surface area contributed by atoms with Gasteiger partial charge in [-0.1, -0.05) is 16.8 Å². The molecule has 1 fully saturated rings. The number of hydrogen-bond donors (Lipinski definition) is 1. The number of aromatic nitrogens is 3. The minimum Gasteiger partial charge on any atom is -0.360 e. The monoisotopic (exact) mass is 352 g/mol. The number of piperidine rings is 1. The van der Waals surface area contributed by atoms with Gasteiger partial charge in [-0.3, -0.25) is 9.59 Å². The number of aromatic amines is 1. The van der Waals surface area contributed by atoms with Gasteiger partial charge < -0.3 is 14.4 Å². The number of carbonyl (C=O) groups excluding carboxylic acids is 1. The first-order chi connectivity index (χ1) is 12.5. The van der Waals surface area contributed by atoms with Crippen molar-refractivity contribution in [3.63, 3.8) is 0 Å². The molecular formula is C19H20N4O3. The molecule has 1 amide bonds. The Morgan fingerprint density at radius 2 is 2.04 bits per heavy atom. The Labute approximate surface area is 150 Å². The number of benzene rings is 1. The van der Waals surface area contributed by atoms with Crippen LogP contribution in [0.15, 0.2) is 33.7 Å². The summed E-state index contributed by atoms with van der Waals surface area (Å²) in [6.45, 7) is 4.85. The zero-order valence-corrected chi connectivity index (χ0v) is 14.8. The Balaban J connectivity index is 1.54. The van der Waals surface area contributed by atoms with Crippen molar-refractivity contribution in [2.45, 2.75) is 32.6 Å². The number of nitrogens with one attached hydrogen (secondary N) is 1. The molecule has 0 aliphatic carbocycles. The first kappa shape index (κ1) is 16.5. The molecule has 134 valence electrons. The van der Waals surface area contributed by atoms with Crippen LogP contribution in [0.25, 0.3) is 10.9 Å². The lowest BCUT2D eigenvalue weighted by Crippen LogP contribution is -2.40. The van der Waals surface area contributed by atoms with Gasteiger partial charge in [0.25, 0.3) is 5.91 Å². The number of aryl methyl sites for hydroxylation is 2. The molecule has 1 aliphatic rings. The Hall–Kier alpha value is -2.96. The molecule has 2 aromatic heterocycles. The standard InChI is InChI=1S/C19H20N4O3/c1-11-3-4-16-14(9-11)17(24)15(10-20-16)19(25)23-7-5-13(6-8-23)18-21-12(2)22-26-18/h3-4,9-10,13H,5-8H2,1-2H3,(H,20,24). The van der Waals surface area contributed by atoms with Crippen molar-refractivity contribution >= 4 is 16.8 Å². The summed E-state index contributed by atoms with van der Waals surface area (Å²) < 4.78 is 5.24. The molecule has 0 spiro atoms. The van der Waals surface area contributed by atoms with E-state index < -0.39 is 0 Å². The number of H-pyrrole nitrogens is 1. The quantitative estimate of drug-likeness (QED) is 0.765. The number of hydrogen-bond acceptors (Lipinski definition) is 5. The van der Waals surface area contributed by atoms with Crippen molar-refractivity contribution in [2.24, 2.45) is 0 Å². The maximum atomic E-state index is 12.9. The second-order valence-electron chi connectivity index (χ2n) is 6.83. The maximum absolute atomic E-state index is 12.9. The molecule has 3 aromatic rings. The van der Waals surface area contributed by atoms with Crippen LogP contribution in [0.3, 0.4) is 0 Å². The predicted octanol–water partition coefficient (Wildman–Crippen LogP) is 2.55. The lowest BCUT2D eigenvalue weighted by Gasteiger charge is -2.30. The number of amides is 1. The van der Waals surface area contributed by atoms with Gasteiger partial charge in [0, 0.05) is 36.1 Å². The topological polar surface area (TPSA) is 92.1 Å². The summed E-state index contributed by atoms with van der Waals surface area (Å²) in [6, 6.07) is 5.61. The number of fused-ring (bicyclic) bond motifs is 1. The van der Waals surface area contributed by atoms with Gasteiger partial charge in [0.15, 0.2) is 5.82 Å². The van der Waals surface area contributed by atoms with Crippen LogP contribution in [-0.2, 0) is 0 Å². The molecule has 7 nitrogen and oxygen atoms in total. The van der Waals surface area contributed by atoms with Crippen molar-refractivity contribution in [3.8, 4) is 0 Å². The van der Waals surface area contributed by atoms with Crippen LogP contribution >= 0.6 is 0 Å². The van der Waals surface area contributed by atoms with E-state index in [1.807, 2.05) is 25.1 Å². The number of carbonyl (C=O) groups is 1. The molecule has 26 heavy (non-hydrogen) atoms. The summed E-state index contributed by atoms with van der Waals surface area (Å²) >= 11 is 0. The third-order valence-electron chi connectivity index (χ3n) is 4.94. The second kappa shape index (κ2) is 6.40. The van der Waals surface area contributed by atoms with Crippen LogP contribution in [0.2, 0.25) is 0 Å². The highest BCUT2D eigenvalue weighted by Gasteiger charge is 2.28. The molecule has 0 atom stereocenters. The summed E-state index contributed by atoms with van der Waals surface area (Å²) in [5, 5.41) is 4.38. The van der Waals surface area contributed by atoms with Crippen LogP contribution in [-0.4, -0.2) is 39.0 Å². The lowest BCUT2D eigenvalue weighted by molar-refractivity contribution is 0.0703. The lowest BCUT2D eigenvalue weighted by atomic mass is 9.96. The Morgan fingerprint density at radius 3 is 2.73 bits per heavy atom. The van der Waals surface area contributed by atoms with Crippen LogP contribution in [0, 0.1) is 13.8 Å². The SMILES string of the molecule is Cc1ccc2[nH]cc(C(=O)N3CCC(c4nc(C)no4)CC3)c(=O)c2c1. The highest BCUT2D eigenvalue weighted by atomic mass is 16.5. The first-order valence-corrected chi connectivity index (χ1v) is 8.74. The van der Waals surface area contributed by atoms with E-state index >= 15 is 0 Å². The average Bonchev–Trinajstić information content (AvgIpc) is 3.08. The molecular weight excluding hydrogens is 332 g/mol. The van der Waals surface area contributed by atoms with E-state index in [9.17, 15) is 9.59 Å². The molecule has 0 radical (unpaired) electrons. The van der Waals surface area contributed by atoms with Gasteiger partial charge >= 0.3 is 0 Å². The molecule has 4 rings (SSSR count). The maximum Gasteiger partial charge on any atom is 0.259 e. The summed E-state index contributed by atoms with van der Waals surface area (Å²) in [5.41, 5.74) is 1.70. The van der Waals surface area contributed by atoms with Gasteiger partial charge in [0.1, 0.15) is 5.56 Å². The van der Waals surface area contributed by atoms with Crippen molar-refractivity contribution in [3.05, 3.63) is 57.5 Å². The van der Waals surface area contributed by atoms with Gasteiger partial charge in [0.05, 0.1) is 0 Å². The minimum absolute atomic E-state index is 0.165. The van der Waals surface area contributed by atoms with E-state index in [4.69, 9.17) is 4.52 Å². The third-order valence-corrected chi connectivity index (χ3v) is 4.94. The van der Waals surface area contributed by atoms with E-state index in [1.54, 1.807) is 11.8 Å². The fourth-order valence-electron chi connectivity index (χ4n) is 3.47. The Morgan fingerprint density at radius 1 is 1.27 bits per heavy atom. The van der Waals surface area contributed by atoms with E-state index in [0.29, 0.717) is 30.2 Å². The van der Waals surface area contributed by atoms with Gasteiger partial charge in [-0.05, 0) is 38.8 Å². The number of rotatable bonds is 2. The molecule has 1 saturated heterocycles. The van der Waals surface area contributed by atoms with Crippen molar-refractivity contribution < 1.29 is 9.32 Å². The smallest absolute Gasteiger partial charge is 0.259 e. The summed E-state index contributed by atoms with van der Waals surface area (Å²) in [6.07, 6.45) is 3.02. The zero-order chi connectivity index (χ0) is 18.3. The van der Waals surface area contributed by atoms with Crippen LogP contribution < -0.4 is 5.43 Å². The van der Waals surface area contributed by atoms with Crippen molar-refractivity contribution in [1.29, 1.82) is 0 Å². The van der Waals surface area contributed by atoms with Crippen molar-refractivity contribution in [1.82, 2.24) is 20.0 Å². The molecule has 1 aliphatic heterocycles. The normalized spacial score (nSPS) is 15.5. The molecule has 1 aromatic carbocycles. The largest absolute Gasteiger partial charge is 0.360 e. The molecule has 0 bridgehead atoms. The van der Waals surface area contributed by atoms with Crippen LogP contribution in [0.1, 0.15) is 46.4 Å². The van der Waals surface area contributed by atoms with E-state index in [2.05, 4.69) is 15.1 Å². The fourth-order valence-corrected chi connectivity index (χ4v) is 3.47. The summed E-state index contributed by atoms with van der Waals surface area (Å²) in [7, 11) is 0. The van der Waals surface area contributed by atoms with Gasteiger partial charge in [0.2, 0.25) is 11.3 Å². The molecule has 0 unspecified atom stereocenters. The van der Waals surface area contributed by atoms with Gasteiger partial charge in [-0.15, -0.1) is 0 Å². The zero-order valence-electron chi connectivity index (χ0n) is 14.8. The number of likely N-dealkylation sites (tertiary alicyclic amines) is 1. The molecule has 7 heteroatoms. The Kier molecular flexibility index (Phi) is 4.06. The van der Waals surface area contributed by atoms with E-state index in [1.165, 1.54) is 6.20 Å².